The summed E-state index contributed by atoms with van der Waals surface area (Å²) in [7, 11) is 0. The number of amides is 3. The van der Waals surface area contributed by atoms with E-state index in [0.29, 0.717) is 19.4 Å². The molecule has 1 saturated heterocycles. The summed E-state index contributed by atoms with van der Waals surface area (Å²) in [5, 5.41) is 11.1. The van der Waals surface area contributed by atoms with E-state index in [1.54, 1.807) is 4.90 Å². The first-order valence-electron chi connectivity index (χ1n) is 6.86. The van der Waals surface area contributed by atoms with Gasteiger partial charge in [0.2, 0.25) is 0 Å². The Morgan fingerprint density at radius 3 is 2.28 bits per heavy atom. The first-order chi connectivity index (χ1) is 8.62. The van der Waals surface area contributed by atoms with E-state index in [1.807, 2.05) is 13.8 Å². The number of urea groups is 1. The SMILES string of the molecule is CCC1(CC)C(=O)NC(=O)N1CCCCCCO. The zero-order chi connectivity index (χ0) is 13.6. The fourth-order valence-corrected chi connectivity index (χ4v) is 2.60. The van der Waals surface area contributed by atoms with Crippen LogP contribution < -0.4 is 5.32 Å². The molecule has 104 valence electrons. The number of nitrogens with one attached hydrogen (secondary N) is 1. The Labute approximate surface area is 109 Å². The molecule has 0 unspecified atom stereocenters. The van der Waals surface area contributed by atoms with E-state index in [4.69, 9.17) is 5.11 Å². The van der Waals surface area contributed by atoms with Gasteiger partial charge in [0.25, 0.3) is 5.91 Å². The van der Waals surface area contributed by atoms with Crippen LogP contribution in [0.15, 0.2) is 0 Å². The summed E-state index contributed by atoms with van der Waals surface area (Å²) in [5.74, 6) is -0.159. The number of carbonyl (C=O) groups is 2. The average molecular weight is 256 g/mol. The molecule has 1 aliphatic heterocycles. The summed E-state index contributed by atoms with van der Waals surface area (Å²) >= 11 is 0. The average Bonchev–Trinajstić information content (AvgIpc) is 2.60. The van der Waals surface area contributed by atoms with Crippen LogP contribution in [-0.2, 0) is 4.79 Å². The van der Waals surface area contributed by atoms with Crippen molar-refractivity contribution in [1.82, 2.24) is 10.2 Å². The monoisotopic (exact) mass is 256 g/mol. The quantitative estimate of drug-likeness (QED) is 0.512. The summed E-state index contributed by atoms with van der Waals surface area (Å²) in [4.78, 5) is 25.4. The van der Waals surface area contributed by atoms with Gasteiger partial charge in [-0.25, -0.2) is 4.79 Å². The second-order valence-electron chi connectivity index (χ2n) is 4.79. The van der Waals surface area contributed by atoms with Gasteiger partial charge in [-0.3, -0.25) is 10.1 Å². The molecule has 0 saturated carbocycles. The first kappa shape index (κ1) is 15.0. The molecule has 0 spiro atoms. The van der Waals surface area contributed by atoms with E-state index in [1.165, 1.54) is 0 Å². The topological polar surface area (TPSA) is 69.6 Å². The molecule has 0 aromatic rings. The third kappa shape index (κ3) is 2.83. The molecule has 0 atom stereocenters. The normalized spacial score (nSPS) is 18.3. The Kier molecular flexibility index (Phi) is 5.59. The van der Waals surface area contributed by atoms with Crippen molar-refractivity contribution in [2.24, 2.45) is 0 Å². The first-order valence-corrected chi connectivity index (χ1v) is 6.86. The van der Waals surface area contributed by atoms with Gasteiger partial charge in [0.15, 0.2) is 0 Å². The molecule has 1 heterocycles. The highest BCUT2D eigenvalue weighted by atomic mass is 16.3. The van der Waals surface area contributed by atoms with Gasteiger partial charge in [-0.15, -0.1) is 0 Å². The lowest BCUT2D eigenvalue weighted by molar-refractivity contribution is -0.127. The number of nitrogens with zero attached hydrogens (tertiary/aromatic N) is 1. The minimum atomic E-state index is -0.645. The van der Waals surface area contributed by atoms with Crippen molar-refractivity contribution in [3.8, 4) is 0 Å². The maximum Gasteiger partial charge on any atom is 0.325 e. The molecule has 1 fully saturated rings. The van der Waals surface area contributed by atoms with Crippen molar-refractivity contribution >= 4 is 11.9 Å². The second-order valence-corrected chi connectivity index (χ2v) is 4.79. The number of carbonyl (C=O) groups excluding carboxylic acids is 2. The van der Waals surface area contributed by atoms with Crippen LogP contribution in [0.2, 0.25) is 0 Å². The van der Waals surface area contributed by atoms with Gasteiger partial charge in [-0.1, -0.05) is 26.7 Å². The summed E-state index contributed by atoms with van der Waals surface area (Å²) in [6.07, 6.45) is 4.92. The summed E-state index contributed by atoms with van der Waals surface area (Å²) < 4.78 is 0. The highest BCUT2D eigenvalue weighted by Crippen LogP contribution is 2.29. The minimum absolute atomic E-state index is 0.159. The molecule has 0 aromatic carbocycles. The lowest BCUT2D eigenvalue weighted by Crippen LogP contribution is -2.49. The summed E-state index contributed by atoms with van der Waals surface area (Å²) in [6, 6.07) is -0.258. The smallest absolute Gasteiger partial charge is 0.325 e. The van der Waals surface area contributed by atoms with Crippen LogP contribution in [0.25, 0.3) is 0 Å². The zero-order valence-corrected chi connectivity index (χ0v) is 11.4. The Bertz CT molecular complexity index is 301. The third-order valence-electron chi connectivity index (χ3n) is 3.86. The van der Waals surface area contributed by atoms with E-state index in [2.05, 4.69) is 5.32 Å². The van der Waals surface area contributed by atoms with Gasteiger partial charge < -0.3 is 10.0 Å². The third-order valence-corrected chi connectivity index (χ3v) is 3.86. The van der Waals surface area contributed by atoms with Gasteiger partial charge in [0.1, 0.15) is 5.54 Å². The van der Waals surface area contributed by atoms with Crippen molar-refractivity contribution < 1.29 is 14.7 Å². The van der Waals surface area contributed by atoms with E-state index in [0.717, 1.165) is 25.7 Å². The molecule has 2 N–H and O–H groups in total. The molecule has 0 bridgehead atoms. The largest absolute Gasteiger partial charge is 0.396 e. The Morgan fingerprint density at radius 1 is 1.11 bits per heavy atom. The predicted octanol–water partition coefficient (Wildman–Crippen LogP) is 1.65. The maximum absolute atomic E-state index is 11.9. The van der Waals surface area contributed by atoms with Crippen molar-refractivity contribution in [3.63, 3.8) is 0 Å². The maximum atomic E-state index is 11.9. The van der Waals surface area contributed by atoms with Crippen LogP contribution >= 0.6 is 0 Å². The number of aliphatic hydroxyl groups excluding tert-OH is 1. The Morgan fingerprint density at radius 2 is 1.72 bits per heavy atom. The number of rotatable bonds is 8. The molecular formula is C13H24N2O3. The number of aliphatic hydroxyl groups is 1. The van der Waals surface area contributed by atoms with Crippen LogP contribution in [-0.4, -0.2) is 40.6 Å². The molecule has 1 rings (SSSR count). The minimum Gasteiger partial charge on any atom is -0.396 e. The van der Waals surface area contributed by atoms with E-state index >= 15 is 0 Å². The van der Waals surface area contributed by atoms with Gasteiger partial charge in [-0.2, -0.15) is 0 Å². The molecule has 0 aliphatic carbocycles. The highest BCUT2D eigenvalue weighted by molar-refractivity contribution is 6.06. The molecule has 5 nitrogen and oxygen atoms in total. The second kappa shape index (κ2) is 6.73. The van der Waals surface area contributed by atoms with E-state index in [-0.39, 0.29) is 18.5 Å². The molecule has 3 amide bonds. The van der Waals surface area contributed by atoms with Gasteiger partial charge >= 0.3 is 6.03 Å². The predicted molar refractivity (Wildman–Crippen MR) is 69.1 cm³/mol. The summed E-state index contributed by atoms with van der Waals surface area (Å²) in [5.41, 5.74) is -0.645. The number of hydrogen-bond donors (Lipinski definition) is 2. The molecule has 18 heavy (non-hydrogen) atoms. The lowest BCUT2D eigenvalue weighted by Gasteiger charge is -2.33. The molecular weight excluding hydrogens is 232 g/mol. The fraction of sp³-hybridized carbons (Fsp3) is 0.846. The van der Waals surface area contributed by atoms with E-state index in [9.17, 15) is 9.59 Å². The van der Waals surface area contributed by atoms with Crippen molar-refractivity contribution in [1.29, 1.82) is 0 Å². The molecule has 0 aromatic heterocycles. The van der Waals surface area contributed by atoms with Crippen LogP contribution in [0.4, 0.5) is 4.79 Å². The van der Waals surface area contributed by atoms with Crippen molar-refractivity contribution in [3.05, 3.63) is 0 Å². The standard InChI is InChI=1S/C13H24N2O3/c1-3-13(4-2)11(17)14-12(18)15(13)9-7-5-6-8-10-16/h16H,3-10H2,1-2H3,(H,14,17,18). The number of imide groups is 1. The van der Waals surface area contributed by atoms with Gasteiger partial charge in [0, 0.05) is 13.2 Å². The zero-order valence-electron chi connectivity index (χ0n) is 11.4. The van der Waals surface area contributed by atoms with Crippen molar-refractivity contribution in [2.45, 2.75) is 57.9 Å². The lowest BCUT2D eigenvalue weighted by atomic mass is 9.91. The van der Waals surface area contributed by atoms with Gasteiger partial charge in [-0.05, 0) is 25.7 Å². The number of unbranched alkanes of at least 4 members (excludes halogenated alkanes) is 3. The van der Waals surface area contributed by atoms with Crippen LogP contribution in [0.1, 0.15) is 52.4 Å². The highest BCUT2D eigenvalue weighted by Gasteiger charge is 2.49. The van der Waals surface area contributed by atoms with Gasteiger partial charge in [0.05, 0.1) is 0 Å². The van der Waals surface area contributed by atoms with Crippen LogP contribution in [0, 0.1) is 0 Å². The molecule has 1 aliphatic rings. The molecule has 5 heteroatoms. The Hall–Kier alpha value is -1.10. The van der Waals surface area contributed by atoms with E-state index < -0.39 is 5.54 Å². The molecule has 0 radical (unpaired) electrons. The number of hydrogen-bond acceptors (Lipinski definition) is 3. The van der Waals surface area contributed by atoms with Crippen LogP contribution in [0.5, 0.6) is 0 Å². The fourth-order valence-electron chi connectivity index (χ4n) is 2.60. The summed E-state index contributed by atoms with van der Waals surface area (Å²) in [6.45, 7) is 4.72. The van der Waals surface area contributed by atoms with Crippen LogP contribution in [0.3, 0.4) is 0 Å². The van der Waals surface area contributed by atoms with Crippen molar-refractivity contribution in [2.75, 3.05) is 13.2 Å². The Balaban J connectivity index is 2.55.